The van der Waals surface area contributed by atoms with Crippen molar-refractivity contribution in [3.05, 3.63) is 54.1 Å². The van der Waals surface area contributed by atoms with Gasteiger partial charge in [0.05, 0.1) is 0 Å². The lowest BCUT2D eigenvalue weighted by atomic mass is 10.0. The molecule has 88 valence electrons. The van der Waals surface area contributed by atoms with Gasteiger partial charge in [-0.15, -0.1) is 0 Å². The highest BCUT2D eigenvalue weighted by molar-refractivity contribution is 5.64. The van der Waals surface area contributed by atoms with Crippen molar-refractivity contribution in [3.63, 3.8) is 0 Å². The van der Waals surface area contributed by atoms with Crippen LogP contribution in [0.25, 0.3) is 11.1 Å². The van der Waals surface area contributed by atoms with E-state index in [2.05, 4.69) is 10.3 Å². The summed E-state index contributed by atoms with van der Waals surface area (Å²) in [6, 6.07) is 8.84. The second-order valence-corrected chi connectivity index (χ2v) is 3.83. The first-order valence-electron chi connectivity index (χ1n) is 5.71. The Hall–Kier alpha value is -1.74. The SMILES string of the molecule is CCNCc1ccc(F)c(-c2ccncc2)c1. The van der Waals surface area contributed by atoms with E-state index in [-0.39, 0.29) is 5.82 Å². The average molecular weight is 230 g/mol. The van der Waals surface area contributed by atoms with E-state index in [4.69, 9.17) is 0 Å². The minimum atomic E-state index is -0.198. The first kappa shape index (κ1) is 11.7. The van der Waals surface area contributed by atoms with Crippen LogP contribution in [0.2, 0.25) is 0 Å². The van der Waals surface area contributed by atoms with Gasteiger partial charge in [-0.2, -0.15) is 0 Å². The first-order valence-corrected chi connectivity index (χ1v) is 5.71. The fraction of sp³-hybridized carbons (Fsp3) is 0.214. The summed E-state index contributed by atoms with van der Waals surface area (Å²) in [5.74, 6) is -0.198. The number of hydrogen-bond acceptors (Lipinski definition) is 2. The average Bonchev–Trinajstić information content (AvgIpc) is 2.39. The van der Waals surface area contributed by atoms with Crippen molar-refractivity contribution in [1.29, 1.82) is 0 Å². The van der Waals surface area contributed by atoms with Crippen LogP contribution in [0.3, 0.4) is 0 Å². The lowest BCUT2D eigenvalue weighted by Crippen LogP contribution is -2.11. The molecule has 0 spiro atoms. The molecule has 0 aliphatic heterocycles. The second-order valence-electron chi connectivity index (χ2n) is 3.83. The predicted molar refractivity (Wildman–Crippen MR) is 67.0 cm³/mol. The van der Waals surface area contributed by atoms with E-state index in [9.17, 15) is 4.39 Å². The quantitative estimate of drug-likeness (QED) is 0.873. The molecule has 0 bridgehead atoms. The Balaban J connectivity index is 2.33. The van der Waals surface area contributed by atoms with Crippen LogP contribution < -0.4 is 5.32 Å². The molecule has 2 nitrogen and oxygen atoms in total. The zero-order valence-electron chi connectivity index (χ0n) is 9.78. The van der Waals surface area contributed by atoms with Crippen LogP contribution in [0, 0.1) is 5.82 Å². The molecule has 0 amide bonds. The van der Waals surface area contributed by atoms with Crippen molar-refractivity contribution in [2.24, 2.45) is 0 Å². The molecule has 0 fully saturated rings. The Morgan fingerprint density at radius 1 is 1.18 bits per heavy atom. The van der Waals surface area contributed by atoms with E-state index >= 15 is 0 Å². The zero-order valence-corrected chi connectivity index (χ0v) is 9.78. The Morgan fingerprint density at radius 3 is 2.65 bits per heavy atom. The summed E-state index contributed by atoms with van der Waals surface area (Å²) in [4.78, 5) is 3.94. The molecule has 17 heavy (non-hydrogen) atoms. The van der Waals surface area contributed by atoms with Crippen molar-refractivity contribution in [1.82, 2.24) is 10.3 Å². The molecule has 0 saturated carbocycles. The van der Waals surface area contributed by atoms with Crippen LogP contribution >= 0.6 is 0 Å². The third-order valence-electron chi connectivity index (χ3n) is 2.60. The summed E-state index contributed by atoms with van der Waals surface area (Å²) >= 11 is 0. The molecule has 1 heterocycles. The van der Waals surface area contributed by atoms with Crippen molar-refractivity contribution in [2.45, 2.75) is 13.5 Å². The normalized spacial score (nSPS) is 10.5. The van der Waals surface area contributed by atoms with Gasteiger partial charge in [-0.25, -0.2) is 4.39 Å². The maximum absolute atomic E-state index is 13.7. The fourth-order valence-electron chi connectivity index (χ4n) is 1.70. The number of aromatic nitrogens is 1. The molecule has 0 aliphatic rings. The molecule has 0 atom stereocenters. The van der Waals surface area contributed by atoms with E-state index < -0.39 is 0 Å². The third kappa shape index (κ3) is 2.88. The van der Waals surface area contributed by atoms with Crippen molar-refractivity contribution < 1.29 is 4.39 Å². The number of nitrogens with one attached hydrogen (secondary N) is 1. The highest BCUT2D eigenvalue weighted by Gasteiger charge is 2.05. The highest BCUT2D eigenvalue weighted by Crippen LogP contribution is 2.23. The topological polar surface area (TPSA) is 24.9 Å². The van der Waals surface area contributed by atoms with Gasteiger partial charge >= 0.3 is 0 Å². The number of hydrogen-bond donors (Lipinski definition) is 1. The maximum Gasteiger partial charge on any atom is 0.131 e. The summed E-state index contributed by atoms with van der Waals surface area (Å²) in [5.41, 5.74) is 2.57. The Kier molecular flexibility index (Phi) is 3.83. The van der Waals surface area contributed by atoms with E-state index in [0.717, 1.165) is 24.2 Å². The molecular formula is C14H15FN2. The first-order chi connectivity index (χ1) is 8.31. The summed E-state index contributed by atoms with van der Waals surface area (Å²) in [6.07, 6.45) is 3.34. The number of benzene rings is 1. The van der Waals surface area contributed by atoms with Gasteiger partial charge in [0.2, 0.25) is 0 Å². The van der Waals surface area contributed by atoms with Crippen LogP contribution in [0.4, 0.5) is 4.39 Å². The van der Waals surface area contributed by atoms with E-state index in [1.54, 1.807) is 12.4 Å². The standard InChI is InChI=1S/C14H15FN2/c1-2-16-10-11-3-4-14(15)13(9-11)12-5-7-17-8-6-12/h3-9,16H,2,10H2,1H3. The van der Waals surface area contributed by atoms with Crippen LogP contribution in [0.5, 0.6) is 0 Å². The van der Waals surface area contributed by atoms with E-state index in [1.807, 2.05) is 31.2 Å². The zero-order chi connectivity index (χ0) is 12.1. The van der Waals surface area contributed by atoms with Crippen LogP contribution in [0.15, 0.2) is 42.7 Å². The van der Waals surface area contributed by atoms with E-state index in [1.165, 1.54) is 6.07 Å². The molecule has 1 aromatic carbocycles. The van der Waals surface area contributed by atoms with Crippen LogP contribution in [-0.2, 0) is 6.54 Å². The molecule has 1 aromatic heterocycles. The summed E-state index contributed by atoms with van der Waals surface area (Å²) in [6.45, 7) is 3.71. The van der Waals surface area contributed by atoms with Crippen molar-refractivity contribution in [2.75, 3.05) is 6.54 Å². The molecule has 0 aliphatic carbocycles. The predicted octanol–water partition coefficient (Wildman–Crippen LogP) is 3.00. The molecule has 2 rings (SSSR count). The molecular weight excluding hydrogens is 215 g/mol. The monoisotopic (exact) mass is 230 g/mol. The molecule has 0 saturated heterocycles. The summed E-state index contributed by atoms with van der Waals surface area (Å²) in [7, 11) is 0. The van der Waals surface area contributed by atoms with Crippen LogP contribution in [0.1, 0.15) is 12.5 Å². The van der Waals surface area contributed by atoms with Gasteiger partial charge in [0.1, 0.15) is 5.82 Å². The molecule has 3 heteroatoms. The molecule has 1 N–H and O–H groups in total. The third-order valence-corrected chi connectivity index (χ3v) is 2.60. The Morgan fingerprint density at radius 2 is 1.94 bits per heavy atom. The van der Waals surface area contributed by atoms with Gasteiger partial charge in [0, 0.05) is 24.5 Å². The largest absolute Gasteiger partial charge is 0.313 e. The lowest BCUT2D eigenvalue weighted by molar-refractivity contribution is 0.629. The minimum absolute atomic E-state index is 0.198. The minimum Gasteiger partial charge on any atom is -0.313 e. The van der Waals surface area contributed by atoms with E-state index in [0.29, 0.717) is 5.56 Å². The lowest BCUT2D eigenvalue weighted by Gasteiger charge is -2.07. The van der Waals surface area contributed by atoms with Crippen LogP contribution in [-0.4, -0.2) is 11.5 Å². The van der Waals surface area contributed by atoms with Gasteiger partial charge in [-0.05, 0) is 41.9 Å². The Labute approximate surface area is 101 Å². The van der Waals surface area contributed by atoms with Crippen molar-refractivity contribution >= 4 is 0 Å². The number of halogens is 1. The number of rotatable bonds is 4. The number of nitrogens with zero attached hydrogens (tertiary/aromatic N) is 1. The second kappa shape index (κ2) is 5.55. The van der Waals surface area contributed by atoms with Gasteiger partial charge in [-0.3, -0.25) is 4.98 Å². The fourth-order valence-corrected chi connectivity index (χ4v) is 1.70. The molecule has 0 radical (unpaired) electrons. The van der Waals surface area contributed by atoms with Gasteiger partial charge in [0.25, 0.3) is 0 Å². The Bertz CT molecular complexity index is 483. The smallest absolute Gasteiger partial charge is 0.131 e. The summed E-state index contributed by atoms with van der Waals surface area (Å²) < 4.78 is 13.7. The molecule has 0 unspecified atom stereocenters. The van der Waals surface area contributed by atoms with Gasteiger partial charge in [0.15, 0.2) is 0 Å². The number of pyridine rings is 1. The van der Waals surface area contributed by atoms with Crippen molar-refractivity contribution in [3.8, 4) is 11.1 Å². The maximum atomic E-state index is 13.7. The highest BCUT2D eigenvalue weighted by atomic mass is 19.1. The summed E-state index contributed by atoms with van der Waals surface area (Å²) in [5, 5.41) is 3.23. The molecule has 2 aromatic rings. The van der Waals surface area contributed by atoms with Gasteiger partial charge < -0.3 is 5.32 Å². The van der Waals surface area contributed by atoms with Gasteiger partial charge in [-0.1, -0.05) is 13.0 Å².